The minimum absolute atomic E-state index is 0.177. The zero-order valence-electron chi connectivity index (χ0n) is 7.08. The van der Waals surface area contributed by atoms with Gasteiger partial charge in [-0.1, -0.05) is 15.9 Å². The number of hydrogen-bond donors (Lipinski definition) is 1. The van der Waals surface area contributed by atoms with Crippen LogP contribution in [0.25, 0.3) is 0 Å². The van der Waals surface area contributed by atoms with E-state index in [0.717, 1.165) is 4.47 Å². The highest BCUT2D eigenvalue weighted by atomic mass is 79.9. The lowest BCUT2D eigenvalue weighted by Gasteiger charge is -2.06. The van der Waals surface area contributed by atoms with Crippen molar-refractivity contribution >= 4 is 21.9 Å². The molecule has 70 valence electrons. The van der Waals surface area contributed by atoms with Crippen LogP contribution in [0, 0.1) is 0 Å². The van der Waals surface area contributed by atoms with Gasteiger partial charge in [0.25, 0.3) is 0 Å². The van der Waals surface area contributed by atoms with Crippen molar-refractivity contribution < 1.29 is 14.6 Å². The van der Waals surface area contributed by atoms with Gasteiger partial charge in [-0.25, -0.2) is 4.79 Å². The molecule has 0 spiro atoms. The van der Waals surface area contributed by atoms with Crippen molar-refractivity contribution in [3.63, 3.8) is 0 Å². The molecule has 0 saturated carbocycles. The van der Waals surface area contributed by atoms with Gasteiger partial charge >= 0.3 is 5.97 Å². The van der Waals surface area contributed by atoms with E-state index in [1.54, 1.807) is 12.1 Å². The number of hydrogen-bond acceptors (Lipinski definition) is 2. The summed E-state index contributed by atoms with van der Waals surface area (Å²) in [4.78, 5) is 10.7. The van der Waals surface area contributed by atoms with Crippen molar-refractivity contribution in [3.05, 3.63) is 28.2 Å². The van der Waals surface area contributed by atoms with E-state index in [9.17, 15) is 4.79 Å². The Morgan fingerprint density at radius 2 is 2.31 bits per heavy atom. The first-order valence-electron chi connectivity index (χ1n) is 3.80. The zero-order valence-corrected chi connectivity index (χ0v) is 8.67. The lowest BCUT2D eigenvalue weighted by molar-refractivity contribution is 0.0692. The summed E-state index contributed by atoms with van der Waals surface area (Å²) in [6.45, 7) is 2.27. The summed E-state index contributed by atoms with van der Waals surface area (Å²) < 4.78 is 5.88. The number of benzene rings is 1. The Balaban J connectivity index is 3.10. The lowest BCUT2D eigenvalue weighted by Crippen LogP contribution is -2.02. The van der Waals surface area contributed by atoms with Gasteiger partial charge in [0.1, 0.15) is 11.3 Å². The predicted octanol–water partition coefficient (Wildman–Crippen LogP) is 2.55. The highest BCUT2D eigenvalue weighted by Gasteiger charge is 2.10. The maximum absolute atomic E-state index is 10.7. The van der Waals surface area contributed by atoms with Crippen LogP contribution in [0.5, 0.6) is 5.75 Å². The van der Waals surface area contributed by atoms with E-state index < -0.39 is 5.97 Å². The molecule has 13 heavy (non-hydrogen) atoms. The largest absolute Gasteiger partial charge is 0.493 e. The molecular formula is C9H9BrO3. The number of carbonyl (C=O) groups is 1. The molecule has 0 saturated heterocycles. The van der Waals surface area contributed by atoms with Gasteiger partial charge < -0.3 is 9.84 Å². The van der Waals surface area contributed by atoms with Crippen LogP contribution in [-0.2, 0) is 0 Å². The molecule has 0 atom stereocenters. The molecule has 1 aromatic carbocycles. The standard InChI is InChI=1S/C9H9BrO3/c1-2-13-8-4-3-6(10)5-7(8)9(11)12/h3-5H,2H2,1H3,(H,11,12). The predicted molar refractivity (Wildman–Crippen MR) is 52.3 cm³/mol. The fourth-order valence-corrected chi connectivity index (χ4v) is 1.31. The molecule has 0 amide bonds. The Bertz CT molecular complexity index is 323. The normalized spacial score (nSPS) is 9.69. The summed E-state index contributed by atoms with van der Waals surface area (Å²) in [5, 5.41) is 8.82. The molecule has 0 fully saturated rings. The minimum Gasteiger partial charge on any atom is -0.493 e. The molecule has 0 unspecified atom stereocenters. The summed E-state index contributed by atoms with van der Waals surface area (Å²) in [7, 11) is 0. The number of carboxylic acids is 1. The Labute approximate surface area is 84.5 Å². The van der Waals surface area contributed by atoms with Crippen LogP contribution in [0.3, 0.4) is 0 Å². The molecule has 0 aliphatic heterocycles. The highest BCUT2D eigenvalue weighted by molar-refractivity contribution is 9.10. The van der Waals surface area contributed by atoms with E-state index in [1.807, 2.05) is 6.92 Å². The van der Waals surface area contributed by atoms with E-state index in [2.05, 4.69) is 15.9 Å². The maximum atomic E-state index is 10.7. The molecule has 0 aromatic heterocycles. The van der Waals surface area contributed by atoms with Gasteiger partial charge in [-0.15, -0.1) is 0 Å². The second-order valence-electron chi connectivity index (χ2n) is 2.38. The highest BCUT2D eigenvalue weighted by Crippen LogP contribution is 2.22. The molecule has 1 rings (SSSR count). The molecule has 4 heteroatoms. The monoisotopic (exact) mass is 244 g/mol. The van der Waals surface area contributed by atoms with Gasteiger partial charge in [-0.2, -0.15) is 0 Å². The average Bonchev–Trinajstić information content (AvgIpc) is 2.08. The third-order valence-electron chi connectivity index (χ3n) is 1.47. The van der Waals surface area contributed by atoms with Crippen LogP contribution in [0.1, 0.15) is 17.3 Å². The molecule has 0 aliphatic carbocycles. The van der Waals surface area contributed by atoms with E-state index in [-0.39, 0.29) is 5.56 Å². The summed E-state index contributed by atoms with van der Waals surface area (Å²) in [6.07, 6.45) is 0. The molecule has 0 aliphatic rings. The van der Waals surface area contributed by atoms with Crippen molar-refractivity contribution in [2.75, 3.05) is 6.61 Å². The Morgan fingerprint density at radius 1 is 1.62 bits per heavy atom. The fraction of sp³-hybridized carbons (Fsp3) is 0.222. The van der Waals surface area contributed by atoms with Crippen molar-refractivity contribution in [1.29, 1.82) is 0 Å². The van der Waals surface area contributed by atoms with Crippen molar-refractivity contribution in [2.24, 2.45) is 0 Å². The van der Waals surface area contributed by atoms with Gasteiger partial charge in [-0.05, 0) is 25.1 Å². The summed E-state index contributed by atoms with van der Waals surface area (Å²) in [5.41, 5.74) is 0.177. The SMILES string of the molecule is CCOc1ccc(Br)cc1C(=O)O. The van der Waals surface area contributed by atoms with Crippen LogP contribution in [0.4, 0.5) is 0 Å². The second kappa shape index (κ2) is 4.28. The maximum Gasteiger partial charge on any atom is 0.339 e. The number of halogens is 1. The molecule has 3 nitrogen and oxygen atoms in total. The van der Waals surface area contributed by atoms with Crippen LogP contribution >= 0.6 is 15.9 Å². The molecule has 0 heterocycles. The number of carboxylic acid groups (broad SMARTS) is 1. The Morgan fingerprint density at radius 3 is 2.85 bits per heavy atom. The first-order chi connectivity index (χ1) is 6.15. The van der Waals surface area contributed by atoms with Gasteiger partial charge in [-0.3, -0.25) is 0 Å². The van der Waals surface area contributed by atoms with E-state index in [4.69, 9.17) is 9.84 Å². The lowest BCUT2D eigenvalue weighted by atomic mass is 10.2. The molecule has 0 radical (unpaired) electrons. The Kier molecular flexibility index (Phi) is 3.31. The zero-order chi connectivity index (χ0) is 9.84. The van der Waals surface area contributed by atoms with Crippen molar-refractivity contribution in [3.8, 4) is 5.75 Å². The fourth-order valence-electron chi connectivity index (χ4n) is 0.951. The second-order valence-corrected chi connectivity index (χ2v) is 3.29. The minimum atomic E-state index is -0.982. The smallest absolute Gasteiger partial charge is 0.339 e. The van der Waals surface area contributed by atoms with Crippen molar-refractivity contribution in [1.82, 2.24) is 0 Å². The topological polar surface area (TPSA) is 46.5 Å². The van der Waals surface area contributed by atoms with Crippen LogP contribution in [0.15, 0.2) is 22.7 Å². The van der Waals surface area contributed by atoms with Gasteiger partial charge in [0.15, 0.2) is 0 Å². The summed E-state index contributed by atoms with van der Waals surface area (Å²) in [5.74, 6) is -0.581. The van der Waals surface area contributed by atoms with Crippen LogP contribution in [-0.4, -0.2) is 17.7 Å². The number of ether oxygens (including phenoxy) is 1. The van der Waals surface area contributed by atoms with Gasteiger partial charge in [0.2, 0.25) is 0 Å². The first kappa shape index (κ1) is 10.1. The van der Waals surface area contributed by atoms with E-state index >= 15 is 0 Å². The Hall–Kier alpha value is -1.03. The summed E-state index contributed by atoms with van der Waals surface area (Å²) in [6, 6.07) is 4.90. The molecule has 1 aromatic rings. The number of aromatic carboxylic acids is 1. The first-order valence-corrected chi connectivity index (χ1v) is 4.60. The van der Waals surface area contributed by atoms with Crippen LogP contribution in [0.2, 0.25) is 0 Å². The third-order valence-corrected chi connectivity index (χ3v) is 1.97. The molecular weight excluding hydrogens is 236 g/mol. The van der Waals surface area contributed by atoms with Crippen molar-refractivity contribution in [2.45, 2.75) is 6.92 Å². The average molecular weight is 245 g/mol. The van der Waals surface area contributed by atoms with E-state index in [0.29, 0.717) is 12.4 Å². The number of rotatable bonds is 3. The van der Waals surface area contributed by atoms with E-state index in [1.165, 1.54) is 6.07 Å². The van der Waals surface area contributed by atoms with Gasteiger partial charge in [0, 0.05) is 4.47 Å². The van der Waals surface area contributed by atoms with Crippen LogP contribution < -0.4 is 4.74 Å². The molecule has 0 bridgehead atoms. The van der Waals surface area contributed by atoms with Gasteiger partial charge in [0.05, 0.1) is 6.61 Å². The third kappa shape index (κ3) is 2.45. The summed E-state index contributed by atoms with van der Waals surface area (Å²) >= 11 is 3.20. The molecule has 1 N–H and O–H groups in total. The quantitative estimate of drug-likeness (QED) is 0.889.